The van der Waals surface area contributed by atoms with Gasteiger partial charge in [-0.3, -0.25) is 4.90 Å². The van der Waals surface area contributed by atoms with Crippen molar-refractivity contribution in [3.63, 3.8) is 0 Å². The van der Waals surface area contributed by atoms with Gasteiger partial charge in [-0.1, -0.05) is 0 Å². The molecule has 0 aromatic heterocycles. The summed E-state index contributed by atoms with van der Waals surface area (Å²) in [5.41, 5.74) is 1.16. The molecule has 0 aliphatic carbocycles. The maximum absolute atomic E-state index is 5.47. The van der Waals surface area contributed by atoms with Crippen molar-refractivity contribution in [2.75, 3.05) is 33.9 Å². The average molecular weight is 329 g/mol. The fourth-order valence-corrected chi connectivity index (χ4v) is 2.87. The lowest BCUT2D eigenvalue weighted by Gasteiger charge is -2.34. The summed E-state index contributed by atoms with van der Waals surface area (Å²) in [6.45, 7) is 6.27. The largest absolute Gasteiger partial charge is 0.496 e. The molecule has 1 aromatic rings. The van der Waals surface area contributed by atoms with Crippen molar-refractivity contribution in [1.29, 1.82) is 0 Å². The molecule has 1 atom stereocenters. The van der Waals surface area contributed by atoms with E-state index in [1.54, 1.807) is 14.2 Å². The fraction of sp³-hybridized carbons (Fsp3) is 0.571. The molecule has 4 nitrogen and oxygen atoms in total. The van der Waals surface area contributed by atoms with E-state index in [0.717, 1.165) is 47.7 Å². The smallest absolute Gasteiger partial charge is 0.133 e. The van der Waals surface area contributed by atoms with Crippen LogP contribution in [0, 0.1) is 0 Å². The molecule has 2 rings (SSSR count). The van der Waals surface area contributed by atoms with Gasteiger partial charge in [0, 0.05) is 37.8 Å². The van der Waals surface area contributed by atoms with Crippen molar-refractivity contribution >= 4 is 15.9 Å². The molecule has 19 heavy (non-hydrogen) atoms. The number of piperazine rings is 1. The lowest BCUT2D eigenvalue weighted by molar-refractivity contribution is 0.164. The molecule has 0 bridgehead atoms. The standard InChI is InChI=1S/C14H21BrN2O2/c1-10-8-16-4-5-17(10)9-11-6-14(19-3)12(15)7-13(11)18-2/h6-7,10,16H,4-5,8-9H2,1-3H3/t10-/m1/s1. The number of rotatable bonds is 4. The van der Waals surface area contributed by atoms with Crippen molar-refractivity contribution < 1.29 is 9.47 Å². The van der Waals surface area contributed by atoms with Crippen LogP contribution in [0.1, 0.15) is 12.5 Å². The van der Waals surface area contributed by atoms with Crippen LogP contribution in [0.25, 0.3) is 0 Å². The normalized spacial score (nSPS) is 20.3. The third-order valence-corrected chi connectivity index (χ3v) is 4.19. The Bertz CT molecular complexity index is 440. The lowest BCUT2D eigenvalue weighted by Crippen LogP contribution is -2.49. The summed E-state index contributed by atoms with van der Waals surface area (Å²) in [5.74, 6) is 1.75. The first-order valence-electron chi connectivity index (χ1n) is 6.51. The molecule has 1 aliphatic rings. The Kier molecular flexibility index (Phi) is 5.07. The first-order valence-corrected chi connectivity index (χ1v) is 7.30. The number of nitrogens with zero attached hydrogens (tertiary/aromatic N) is 1. The molecule has 106 valence electrons. The number of halogens is 1. The van der Waals surface area contributed by atoms with Crippen LogP contribution in [0.15, 0.2) is 16.6 Å². The van der Waals surface area contributed by atoms with E-state index >= 15 is 0 Å². The SMILES string of the molecule is COc1cc(CN2CCNC[C@H]2C)c(OC)cc1Br. The predicted octanol–water partition coefficient (Wildman–Crippen LogP) is 2.26. The van der Waals surface area contributed by atoms with Gasteiger partial charge < -0.3 is 14.8 Å². The highest BCUT2D eigenvalue weighted by atomic mass is 79.9. The summed E-state index contributed by atoms with van der Waals surface area (Å²) in [6.07, 6.45) is 0. The van der Waals surface area contributed by atoms with E-state index in [2.05, 4.69) is 39.1 Å². The fourth-order valence-electron chi connectivity index (χ4n) is 2.38. The van der Waals surface area contributed by atoms with Gasteiger partial charge >= 0.3 is 0 Å². The van der Waals surface area contributed by atoms with Crippen LogP contribution < -0.4 is 14.8 Å². The highest BCUT2D eigenvalue weighted by molar-refractivity contribution is 9.10. The van der Waals surface area contributed by atoms with Gasteiger partial charge in [0.1, 0.15) is 11.5 Å². The Morgan fingerprint density at radius 2 is 2.05 bits per heavy atom. The van der Waals surface area contributed by atoms with E-state index in [-0.39, 0.29) is 0 Å². The zero-order chi connectivity index (χ0) is 13.8. The van der Waals surface area contributed by atoms with Gasteiger partial charge in [-0.15, -0.1) is 0 Å². The summed E-state index contributed by atoms with van der Waals surface area (Å²) in [6, 6.07) is 4.56. The van der Waals surface area contributed by atoms with E-state index in [9.17, 15) is 0 Å². The summed E-state index contributed by atoms with van der Waals surface area (Å²) in [4.78, 5) is 2.46. The quantitative estimate of drug-likeness (QED) is 0.919. The Hall–Kier alpha value is -0.780. The molecule has 0 spiro atoms. The molecular formula is C14H21BrN2O2. The van der Waals surface area contributed by atoms with E-state index in [0.29, 0.717) is 6.04 Å². The molecule has 0 unspecified atom stereocenters. The first-order chi connectivity index (χ1) is 9.15. The van der Waals surface area contributed by atoms with Gasteiger partial charge in [0.05, 0.1) is 18.7 Å². The zero-order valence-corrected chi connectivity index (χ0v) is 13.3. The van der Waals surface area contributed by atoms with Crippen LogP contribution in [0.3, 0.4) is 0 Å². The predicted molar refractivity (Wildman–Crippen MR) is 80.0 cm³/mol. The van der Waals surface area contributed by atoms with Crippen molar-refractivity contribution in [3.05, 3.63) is 22.2 Å². The Morgan fingerprint density at radius 1 is 1.32 bits per heavy atom. The van der Waals surface area contributed by atoms with Gasteiger partial charge in [-0.25, -0.2) is 0 Å². The minimum absolute atomic E-state index is 0.535. The van der Waals surface area contributed by atoms with Crippen LogP contribution in [-0.2, 0) is 6.54 Å². The van der Waals surface area contributed by atoms with Gasteiger partial charge in [-0.2, -0.15) is 0 Å². The molecule has 1 N–H and O–H groups in total. The number of benzene rings is 1. The number of hydrogen-bond donors (Lipinski definition) is 1. The number of ether oxygens (including phenoxy) is 2. The Morgan fingerprint density at radius 3 is 2.68 bits per heavy atom. The zero-order valence-electron chi connectivity index (χ0n) is 11.7. The molecule has 1 saturated heterocycles. The minimum Gasteiger partial charge on any atom is -0.496 e. The molecule has 0 radical (unpaired) electrons. The van der Waals surface area contributed by atoms with Crippen LogP contribution in [-0.4, -0.2) is 44.8 Å². The maximum Gasteiger partial charge on any atom is 0.133 e. The van der Waals surface area contributed by atoms with Gasteiger partial charge in [0.15, 0.2) is 0 Å². The van der Waals surface area contributed by atoms with Gasteiger partial charge in [-0.05, 0) is 35.0 Å². The number of hydrogen-bond acceptors (Lipinski definition) is 4. The van der Waals surface area contributed by atoms with Crippen molar-refractivity contribution in [3.8, 4) is 11.5 Å². The highest BCUT2D eigenvalue weighted by Crippen LogP contribution is 2.33. The Balaban J connectivity index is 2.22. The van der Waals surface area contributed by atoms with Crippen LogP contribution in [0.2, 0.25) is 0 Å². The highest BCUT2D eigenvalue weighted by Gasteiger charge is 2.20. The van der Waals surface area contributed by atoms with Crippen molar-refractivity contribution in [2.45, 2.75) is 19.5 Å². The lowest BCUT2D eigenvalue weighted by atomic mass is 10.1. The van der Waals surface area contributed by atoms with Crippen molar-refractivity contribution in [2.24, 2.45) is 0 Å². The third-order valence-electron chi connectivity index (χ3n) is 3.57. The maximum atomic E-state index is 5.47. The minimum atomic E-state index is 0.535. The van der Waals surface area contributed by atoms with Crippen LogP contribution in [0.5, 0.6) is 11.5 Å². The van der Waals surface area contributed by atoms with E-state index < -0.39 is 0 Å². The first kappa shape index (κ1) is 14.6. The Labute approximate surface area is 123 Å². The molecule has 5 heteroatoms. The molecular weight excluding hydrogens is 308 g/mol. The molecule has 1 aliphatic heterocycles. The second kappa shape index (κ2) is 6.59. The summed E-state index contributed by atoms with van der Waals surface area (Å²) < 4.78 is 11.8. The molecule has 1 fully saturated rings. The topological polar surface area (TPSA) is 33.7 Å². The third kappa shape index (κ3) is 3.41. The molecule has 0 amide bonds. The summed E-state index contributed by atoms with van der Waals surface area (Å²) in [5, 5.41) is 3.41. The second-order valence-electron chi connectivity index (χ2n) is 4.82. The molecule has 1 heterocycles. The van der Waals surface area contributed by atoms with Crippen molar-refractivity contribution in [1.82, 2.24) is 10.2 Å². The van der Waals surface area contributed by atoms with Gasteiger partial charge in [0.25, 0.3) is 0 Å². The second-order valence-corrected chi connectivity index (χ2v) is 5.68. The van der Waals surface area contributed by atoms with E-state index in [1.165, 1.54) is 0 Å². The molecule has 0 saturated carbocycles. The van der Waals surface area contributed by atoms with Crippen LogP contribution >= 0.6 is 15.9 Å². The number of methoxy groups -OCH3 is 2. The monoisotopic (exact) mass is 328 g/mol. The van der Waals surface area contributed by atoms with E-state index in [4.69, 9.17) is 9.47 Å². The van der Waals surface area contributed by atoms with E-state index in [1.807, 2.05) is 6.07 Å². The summed E-state index contributed by atoms with van der Waals surface area (Å²) in [7, 11) is 3.39. The average Bonchev–Trinajstić information content (AvgIpc) is 2.42. The summed E-state index contributed by atoms with van der Waals surface area (Å²) >= 11 is 3.49. The number of nitrogens with one attached hydrogen (secondary N) is 1. The molecule has 1 aromatic carbocycles. The van der Waals surface area contributed by atoms with Gasteiger partial charge in [0.2, 0.25) is 0 Å². The van der Waals surface area contributed by atoms with Crippen LogP contribution in [0.4, 0.5) is 0 Å².